The highest BCUT2D eigenvalue weighted by Gasteiger charge is 2.17. The van der Waals surface area contributed by atoms with Crippen molar-refractivity contribution in [3.8, 4) is 22.9 Å². The Bertz CT molecular complexity index is 1130. The molecule has 0 aliphatic heterocycles. The van der Waals surface area contributed by atoms with Gasteiger partial charge >= 0.3 is 0 Å². The molecule has 150 valence electrons. The molecular formula is C24H27N3O2. The number of H-pyrrole nitrogens is 1. The SMILES string of the molecule is CCOc1ccc2[nH]c(-c3cc(OC)c4ccccc4n3)c(CCCCN)c2c1. The van der Waals surface area contributed by atoms with Gasteiger partial charge in [-0.1, -0.05) is 12.1 Å². The van der Waals surface area contributed by atoms with E-state index in [9.17, 15) is 0 Å². The number of hydrogen-bond acceptors (Lipinski definition) is 4. The molecule has 0 fully saturated rings. The van der Waals surface area contributed by atoms with Gasteiger partial charge in [0.05, 0.1) is 30.6 Å². The standard InChI is InChI=1S/C24H27N3O2/c1-3-29-16-11-12-21-19(14-16)17(8-6-7-13-25)24(27-21)22-15-23(28-2)18-9-4-5-10-20(18)26-22/h4-5,9-12,14-15,27H,3,6-8,13,25H2,1-2H3. The molecule has 5 heteroatoms. The van der Waals surface area contributed by atoms with Gasteiger partial charge in [-0.15, -0.1) is 0 Å². The fourth-order valence-corrected chi connectivity index (χ4v) is 3.85. The van der Waals surface area contributed by atoms with Crippen LogP contribution < -0.4 is 15.2 Å². The van der Waals surface area contributed by atoms with Crippen molar-refractivity contribution in [2.24, 2.45) is 5.73 Å². The third-order valence-electron chi connectivity index (χ3n) is 5.22. The Hall–Kier alpha value is -3.05. The topological polar surface area (TPSA) is 73.2 Å². The zero-order valence-corrected chi connectivity index (χ0v) is 17.0. The Morgan fingerprint density at radius 3 is 2.69 bits per heavy atom. The number of benzene rings is 2. The third kappa shape index (κ3) is 3.78. The highest BCUT2D eigenvalue weighted by Crippen LogP contribution is 2.36. The normalized spacial score (nSPS) is 11.3. The summed E-state index contributed by atoms with van der Waals surface area (Å²) in [5, 5.41) is 2.19. The molecular weight excluding hydrogens is 362 g/mol. The first-order valence-corrected chi connectivity index (χ1v) is 10.2. The Kier molecular flexibility index (Phi) is 5.67. The zero-order chi connectivity index (χ0) is 20.2. The van der Waals surface area contributed by atoms with Crippen molar-refractivity contribution in [1.29, 1.82) is 0 Å². The number of para-hydroxylation sites is 1. The van der Waals surface area contributed by atoms with Crippen molar-refractivity contribution in [1.82, 2.24) is 9.97 Å². The molecule has 4 aromatic rings. The van der Waals surface area contributed by atoms with E-state index in [2.05, 4.69) is 17.1 Å². The van der Waals surface area contributed by atoms with E-state index >= 15 is 0 Å². The van der Waals surface area contributed by atoms with E-state index in [1.54, 1.807) is 7.11 Å². The number of methoxy groups -OCH3 is 1. The van der Waals surface area contributed by atoms with Gasteiger partial charge in [-0.05, 0) is 68.6 Å². The minimum Gasteiger partial charge on any atom is -0.496 e. The molecule has 0 radical (unpaired) electrons. The summed E-state index contributed by atoms with van der Waals surface area (Å²) in [4.78, 5) is 8.52. The molecule has 29 heavy (non-hydrogen) atoms. The highest BCUT2D eigenvalue weighted by molar-refractivity contribution is 5.93. The van der Waals surface area contributed by atoms with Crippen LogP contribution in [0.15, 0.2) is 48.5 Å². The van der Waals surface area contributed by atoms with E-state index in [0.29, 0.717) is 13.2 Å². The minimum atomic E-state index is 0.648. The summed E-state index contributed by atoms with van der Waals surface area (Å²) in [6.07, 6.45) is 2.95. The summed E-state index contributed by atoms with van der Waals surface area (Å²) in [6.45, 7) is 3.35. The number of aromatic amines is 1. The van der Waals surface area contributed by atoms with Crippen LogP contribution in [0, 0.1) is 0 Å². The van der Waals surface area contributed by atoms with E-state index in [1.165, 1.54) is 10.9 Å². The second kappa shape index (κ2) is 8.53. The molecule has 2 aromatic heterocycles. The molecule has 0 bridgehead atoms. The van der Waals surface area contributed by atoms with Crippen LogP contribution in [0.2, 0.25) is 0 Å². The monoisotopic (exact) mass is 389 g/mol. The highest BCUT2D eigenvalue weighted by atomic mass is 16.5. The number of unbranched alkanes of at least 4 members (excludes halogenated alkanes) is 1. The van der Waals surface area contributed by atoms with Crippen molar-refractivity contribution in [2.75, 3.05) is 20.3 Å². The van der Waals surface area contributed by atoms with Gasteiger partial charge in [0.2, 0.25) is 0 Å². The molecule has 4 rings (SSSR count). The van der Waals surface area contributed by atoms with Crippen molar-refractivity contribution in [3.63, 3.8) is 0 Å². The number of nitrogens with one attached hydrogen (secondary N) is 1. The van der Waals surface area contributed by atoms with E-state index < -0.39 is 0 Å². The van der Waals surface area contributed by atoms with Crippen molar-refractivity contribution in [3.05, 3.63) is 54.1 Å². The first kappa shape index (κ1) is 19.3. The number of pyridine rings is 1. The maximum Gasteiger partial charge on any atom is 0.130 e. The summed E-state index contributed by atoms with van der Waals surface area (Å²) in [6, 6.07) is 16.3. The largest absolute Gasteiger partial charge is 0.496 e. The zero-order valence-electron chi connectivity index (χ0n) is 17.0. The van der Waals surface area contributed by atoms with Crippen LogP contribution in [-0.2, 0) is 6.42 Å². The molecule has 0 aliphatic rings. The molecule has 0 unspecified atom stereocenters. The molecule has 0 amide bonds. The van der Waals surface area contributed by atoms with Gasteiger partial charge in [0.15, 0.2) is 0 Å². The maximum absolute atomic E-state index is 5.74. The predicted octanol–water partition coefficient (Wildman–Crippen LogP) is 5.07. The fourth-order valence-electron chi connectivity index (χ4n) is 3.85. The summed E-state index contributed by atoms with van der Waals surface area (Å²) >= 11 is 0. The Balaban J connectivity index is 1.89. The molecule has 0 saturated heterocycles. The first-order valence-electron chi connectivity index (χ1n) is 10.2. The van der Waals surface area contributed by atoms with Crippen LogP contribution in [0.3, 0.4) is 0 Å². The van der Waals surface area contributed by atoms with Gasteiger partial charge in [-0.3, -0.25) is 0 Å². The Labute approximate surface area is 170 Å². The molecule has 0 aliphatic carbocycles. The number of ether oxygens (including phenoxy) is 2. The van der Waals surface area contributed by atoms with Crippen LogP contribution in [0.1, 0.15) is 25.3 Å². The van der Waals surface area contributed by atoms with Crippen LogP contribution in [0.25, 0.3) is 33.2 Å². The Morgan fingerprint density at radius 1 is 1.03 bits per heavy atom. The van der Waals surface area contributed by atoms with Crippen LogP contribution >= 0.6 is 0 Å². The number of aromatic nitrogens is 2. The summed E-state index contributed by atoms with van der Waals surface area (Å²) in [5.41, 5.74) is 10.9. The molecule has 5 nitrogen and oxygen atoms in total. The number of nitrogens with two attached hydrogens (primary N) is 1. The van der Waals surface area contributed by atoms with Gasteiger partial charge in [0.25, 0.3) is 0 Å². The summed E-state index contributed by atoms with van der Waals surface area (Å²) in [5.74, 6) is 1.71. The Morgan fingerprint density at radius 2 is 1.90 bits per heavy atom. The molecule has 0 spiro atoms. The van der Waals surface area contributed by atoms with Gasteiger partial charge in [0, 0.05) is 22.4 Å². The smallest absolute Gasteiger partial charge is 0.130 e. The number of aryl methyl sites for hydroxylation is 1. The van der Waals surface area contributed by atoms with E-state index in [4.69, 9.17) is 20.2 Å². The molecule has 0 atom stereocenters. The lowest BCUT2D eigenvalue weighted by molar-refractivity contribution is 0.340. The molecule has 0 saturated carbocycles. The maximum atomic E-state index is 5.74. The lowest BCUT2D eigenvalue weighted by atomic mass is 10.0. The first-order chi connectivity index (χ1) is 14.2. The van der Waals surface area contributed by atoms with Gasteiger partial charge in [0.1, 0.15) is 11.5 Å². The number of hydrogen-bond donors (Lipinski definition) is 2. The summed E-state index contributed by atoms with van der Waals surface area (Å²) < 4.78 is 11.4. The van der Waals surface area contributed by atoms with E-state index in [0.717, 1.165) is 58.6 Å². The third-order valence-corrected chi connectivity index (χ3v) is 5.22. The van der Waals surface area contributed by atoms with Crippen LogP contribution in [0.5, 0.6) is 11.5 Å². The lowest BCUT2D eigenvalue weighted by Gasteiger charge is -2.10. The lowest BCUT2D eigenvalue weighted by Crippen LogP contribution is -2.00. The molecule has 2 aromatic carbocycles. The molecule has 2 heterocycles. The van der Waals surface area contributed by atoms with Crippen LogP contribution in [-0.4, -0.2) is 30.2 Å². The number of fused-ring (bicyclic) bond motifs is 2. The predicted molar refractivity (Wildman–Crippen MR) is 119 cm³/mol. The van der Waals surface area contributed by atoms with Gasteiger partial charge in [-0.25, -0.2) is 4.98 Å². The second-order valence-corrected chi connectivity index (χ2v) is 7.09. The summed E-state index contributed by atoms with van der Waals surface area (Å²) in [7, 11) is 1.70. The second-order valence-electron chi connectivity index (χ2n) is 7.09. The van der Waals surface area contributed by atoms with E-state index in [1.807, 2.05) is 43.3 Å². The minimum absolute atomic E-state index is 0.648. The van der Waals surface area contributed by atoms with Crippen molar-refractivity contribution >= 4 is 21.8 Å². The van der Waals surface area contributed by atoms with Gasteiger partial charge < -0.3 is 20.2 Å². The van der Waals surface area contributed by atoms with Gasteiger partial charge in [-0.2, -0.15) is 0 Å². The van der Waals surface area contributed by atoms with Crippen LogP contribution in [0.4, 0.5) is 0 Å². The number of rotatable bonds is 8. The number of nitrogens with zero attached hydrogens (tertiary/aromatic N) is 1. The van der Waals surface area contributed by atoms with Crippen molar-refractivity contribution in [2.45, 2.75) is 26.2 Å². The van der Waals surface area contributed by atoms with Crippen molar-refractivity contribution < 1.29 is 9.47 Å². The average molecular weight is 389 g/mol. The molecule has 3 N–H and O–H groups in total. The quantitative estimate of drug-likeness (QED) is 0.413. The fraction of sp³-hybridized carbons (Fsp3) is 0.292. The average Bonchev–Trinajstić information content (AvgIpc) is 3.11. The van der Waals surface area contributed by atoms with E-state index in [-0.39, 0.29) is 0 Å².